The molecule has 6 heteroatoms. The minimum absolute atomic E-state index is 0.269. The number of hydrogen-bond donors (Lipinski definition) is 2. The van der Waals surface area contributed by atoms with Gasteiger partial charge in [-0.05, 0) is 6.07 Å². The SMILES string of the molecule is C=[P+](C)c1cnc2[nH]cc(-c3ccnc(N)n3)c2c1. The van der Waals surface area contributed by atoms with Crippen LogP contribution in [0.25, 0.3) is 22.3 Å². The monoisotopic (exact) mass is 270 g/mol. The Balaban J connectivity index is 2.24. The average molecular weight is 270 g/mol. The number of aromatic amines is 1. The van der Waals surface area contributed by atoms with Gasteiger partial charge in [0.2, 0.25) is 5.95 Å². The number of rotatable bonds is 2. The Morgan fingerprint density at radius 3 is 2.95 bits per heavy atom. The molecule has 3 N–H and O–H groups in total. The van der Waals surface area contributed by atoms with E-state index in [1.54, 1.807) is 6.20 Å². The van der Waals surface area contributed by atoms with Gasteiger partial charge in [0.15, 0.2) is 5.30 Å². The number of nitrogens with zero attached hydrogens (tertiary/aromatic N) is 3. The maximum atomic E-state index is 5.63. The van der Waals surface area contributed by atoms with Gasteiger partial charge in [0.05, 0.1) is 18.2 Å². The van der Waals surface area contributed by atoms with Crippen molar-refractivity contribution < 1.29 is 0 Å². The molecule has 0 aliphatic heterocycles. The first kappa shape index (κ1) is 11.8. The third-order valence-electron chi connectivity index (χ3n) is 2.91. The quantitative estimate of drug-likeness (QED) is 0.695. The van der Waals surface area contributed by atoms with E-state index in [1.807, 2.05) is 18.5 Å². The molecule has 0 aliphatic rings. The normalized spacial score (nSPS) is 11.7. The smallest absolute Gasteiger partial charge is 0.220 e. The number of hydrogen-bond acceptors (Lipinski definition) is 4. The molecule has 3 rings (SSSR count). The van der Waals surface area contributed by atoms with Gasteiger partial charge < -0.3 is 10.7 Å². The van der Waals surface area contributed by atoms with Crippen LogP contribution in [0.5, 0.6) is 0 Å². The summed E-state index contributed by atoms with van der Waals surface area (Å²) in [4.78, 5) is 15.7. The lowest BCUT2D eigenvalue weighted by Gasteiger charge is -1.99. The molecule has 1 atom stereocenters. The van der Waals surface area contributed by atoms with E-state index in [4.69, 9.17) is 5.73 Å². The minimum Gasteiger partial charge on any atom is -0.368 e. The first-order valence-corrected chi connectivity index (χ1v) is 7.73. The highest BCUT2D eigenvalue weighted by Crippen LogP contribution is 2.27. The number of pyridine rings is 1. The van der Waals surface area contributed by atoms with Gasteiger partial charge in [-0.15, -0.1) is 0 Å². The van der Waals surface area contributed by atoms with E-state index >= 15 is 0 Å². The van der Waals surface area contributed by atoms with Crippen LogP contribution in [-0.4, -0.2) is 32.9 Å². The van der Waals surface area contributed by atoms with E-state index in [1.165, 1.54) is 0 Å². The molecule has 0 amide bonds. The summed E-state index contributed by atoms with van der Waals surface area (Å²) in [5.41, 5.74) is 8.25. The zero-order chi connectivity index (χ0) is 13.4. The highest BCUT2D eigenvalue weighted by molar-refractivity contribution is 7.62. The van der Waals surface area contributed by atoms with E-state index in [0.717, 1.165) is 27.6 Å². The molecule has 0 saturated heterocycles. The van der Waals surface area contributed by atoms with Crippen molar-refractivity contribution in [2.45, 2.75) is 0 Å². The fraction of sp³-hybridized carbons (Fsp3) is 0.0769. The fourth-order valence-electron chi connectivity index (χ4n) is 1.94. The van der Waals surface area contributed by atoms with E-state index in [9.17, 15) is 0 Å². The molecule has 0 spiro atoms. The van der Waals surface area contributed by atoms with E-state index in [-0.39, 0.29) is 5.95 Å². The molecule has 0 aliphatic carbocycles. The number of anilines is 1. The van der Waals surface area contributed by atoms with Gasteiger partial charge in [0.25, 0.3) is 0 Å². The topological polar surface area (TPSA) is 80.5 Å². The van der Waals surface area contributed by atoms with E-state index in [0.29, 0.717) is 0 Å². The van der Waals surface area contributed by atoms with Crippen LogP contribution >= 0.6 is 7.55 Å². The van der Waals surface area contributed by atoms with Crippen LogP contribution in [0.2, 0.25) is 0 Å². The highest BCUT2D eigenvalue weighted by Gasteiger charge is 2.13. The Hall–Kier alpha value is -2.26. The molecular formula is C13H13N5P+. The Bertz CT molecular complexity index is 778. The van der Waals surface area contributed by atoms with Gasteiger partial charge in [-0.1, -0.05) is 0 Å². The van der Waals surface area contributed by atoms with Gasteiger partial charge in [-0.25, -0.2) is 15.0 Å². The van der Waals surface area contributed by atoms with Crippen molar-refractivity contribution in [1.82, 2.24) is 19.9 Å². The second-order valence-corrected chi connectivity index (χ2v) is 6.20. The predicted octanol–water partition coefficient (Wildman–Crippen LogP) is 1.77. The lowest BCUT2D eigenvalue weighted by atomic mass is 10.1. The second kappa shape index (κ2) is 4.44. The number of fused-ring (bicyclic) bond motifs is 1. The van der Waals surface area contributed by atoms with Crippen molar-refractivity contribution in [1.29, 1.82) is 0 Å². The summed E-state index contributed by atoms with van der Waals surface area (Å²) in [6, 6.07) is 3.95. The minimum atomic E-state index is -0.421. The molecule has 0 saturated carbocycles. The molecule has 3 aromatic rings. The molecule has 3 heterocycles. The first-order chi connectivity index (χ1) is 9.15. The maximum Gasteiger partial charge on any atom is 0.220 e. The zero-order valence-electron chi connectivity index (χ0n) is 10.5. The molecule has 1 unspecified atom stereocenters. The van der Waals surface area contributed by atoms with Crippen LogP contribution in [0.15, 0.2) is 30.7 Å². The molecule has 0 fully saturated rings. The molecule has 5 nitrogen and oxygen atoms in total. The summed E-state index contributed by atoms with van der Waals surface area (Å²) in [5.74, 6) is 0.269. The Labute approximate surface area is 111 Å². The molecule has 3 aromatic heterocycles. The summed E-state index contributed by atoms with van der Waals surface area (Å²) in [5, 5.41) is 2.19. The fourth-order valence-corrected chi connectivity index (χ4v) is 2.54. The molecular weight excluding hydrogens is 257 g/mol. The number of nitrogen functional groups attached to an aromatic ring is 1. The van der Waals surface area contributed by atoms with Crippen molar-refractivity contribution in [3.8, 4) is 11.3 Å². The zero-order valence-corrected chi connectivity index (χ0v) is 11.4. The number of nitrogens with two attached hydrogens (primary N) is 1. The van der Waals surface area contributed by atoms with Crippen LogP contribution in [0.1, 0.15) is 0 Å². The Morgan fingerprint density at radius 1 is 1.37 bits per heavy atom. The number of H-pyrrole nitrogens is 1. The van der Waals surface area contributed by atoms with Crippen LogP contribution in [0.3, 0.4) is 0 Å². The summed E-state index contributed by atoms with van der Waals surface area (Å²) in [6.07, 6.45) is 9.50. The van der Waals surface area contributed by atoms with Gasteiger partial charge in [0, 0.05) is 29.4 Å². The molecule has 19 heavy (non-hydrogen) atoms. The summed E-state index contributed by atoms with van der Waals surface area (Å²) in [7, 11) is -0.421. The first-order valence-electron chi connectivity index (χ1n) is 5.75. The van der Waals surface area contributed by atoms with Crippen LogP contribution in [0, 0.1) is 0 Å². The van der Waals surface area contributed by atoms with Crippen molar-refractivity contribution in [3.05, 3.63) is 30.7 Å². The molecule has 0 bridgehead atoms. The van der Waals surface area contributed by atoms with Gasteiger partial charge in [-0.2, -0.15) is 0 Å². The van der Waals surface area contributed by atoms with Crippen LogP contribution < -0.4 is 11.0 Å². The molecule has 94 valence electrons. The van der Waals surface area contributed by atoms with Gasteiger partial charge in [-0.3, -0.25) is 0 Å². The lowest BCUT2D eigenvalue weighted by molar-refractivity contribution is 1.19. The van der Waals surface area contributed by atoms with Crippen molar-refractivity contribution in [2.24, 2.45) is 0 Å². The molecule has 0 radical (unpaired) electrons. The van der Waals surface area contributed by atoms with E-state index in [2.05, 4.69) is 39.0 Å². The maximum absolute atomic E-state index is 5.63. The second-order valence-electron chi connectivity index (χ2n) is 4.29. The lowest BCUT2D eigenvalue weighted by Crippen LogP contribution is -1.98. The van der Waals surface area contributed by atoms with E-state index < -0.39 is 7.55 Å². The molecule has 0 aromatic carbocycles. The van der Waals surface area contributed by atoms with Crippen LogP contribution in [0.4, 0.5) is 5.95 Å². The van der Waals surface area contributed by atoms with Gasteiger partial charge in [0.1, 0.15) is 19.9 Å². The summed E-state index contributed by atoms with van der Waals surface area (Å²) < 4.78 is 0. The standard InChI is InChI=1S/C13H13N5P/c1-19(2)8-5-9-10(7-17-12(9)16-6-8)11-3-4-15-13(14)18-11/h3-7H,1H2,2H3,(H,16,17)(H2,14,15,18)/q+1. The summed E-state index contributed by atoms with van der Waals surface area (Å²) >= 11 is 0. The predicted molar refractivity (Wildman–Crippen MR) is 81.1 cm³/mol. The Kier molecular flexibility index (Phi) is 2.76. The average Bonchev–Trinajstić information content (AvgIpc) is 2.81. The van der Waals surface area contributed by atoms with Crippen LogP contribution in [-0.2, 0) is 0 Å². The third kappa shape index (κ3) is 2.09. The number of nitrogens with one attached hydrogen (secondary N) is 1. The van der Waals surface area contributed by atoms with Crippen molar-refractivity contribution in [2.75, 3.05) is 12.4 Å². The number of aromatic nitrogens is 4. The highest BCUT2D eigenvalue weighted by atomic mass is 31.1. The van der Waals surface area contributed by atoms with Gasteiger partial charge >= 0.3 is 0 Å². The summed E-state index contributed by atoms with van der Waals surface area (Å²) in [6.45, 7) is 2.10. The van der Waals surface area contributed by atoms with Crippen molar-refractivity contribution in [3.63, 3.8) is 0 Å². The largest absolute Gasteiger partial charge is 0.368 e. The van der Waals surface area contributed by atoms with Crippen molar-refractivity contribution >= 4 is 36.1 Å². The Morgan fingerprint density at radius 2 is 2.21 bits per heavy atom. The third-order valence-corrected chi connectivity index (χ3v) is 4.03.